The van der Waals surface area contributed by atoms with Gasteiger partial charge >= 0.3 is 0 Å². The average Bonchev–Trinajstić information content (AvgIpc) is 2.94. The van der Waals surface area contributed by atoms with Gasteiger partial charge in [0.05, 0.1) is 0 Å². The minimum absolute atomic E-state index is 0.873. The fraction of sp³-hybridized carbons (Fsp3) is 0.238. The molecule has 3 aromatic rings. The summed E-state index contributed by atoms with van der Waals surface area (Å²) in [6, 6.07) is 21.3. The minimum Gasteiger partial charge on any atom is -0.465 e. The molecule has 0 aliphatic heterocycles. The smallest absolute Gasteiger partial charge is 0.116 e. The lowest BCUT2D eigenvalue weighted by molar-refractivity contribution is 0.450. The molecule has 0 amide bonds. The van der Waals surface area contributed by atoms with E-state index in [2.05, 4.69) is 60.7 Å². The van der Waals surface area contributed by atoms with Gasteiger partial charge in [-0.25, -0.2) is 0 Å². The molecule has 22 heavy (non-hydrogen) atoms. The highest BCUT2D eigenvalue weighted by Crippen LogP contribution is 2.37. The first-order valence-electron chi connectivity index (χ1n) is 8.14. The van der Waals surface area contributed by atoms with Gasteiger partial charge in [0, 0.05) is 24.0 Å². The second-order valence-electron chi connectivity index (χ2n) is 6.04. The Morgan fingerprint density at radius 3 is 2.23 bits per heavy atom. The van der Waals surface area contributed by atoms with Crippen molar-refractivity contribution in [2.45, 2.75) is 32.1 Å². The molecule has 0 bridgehead atoms. The Balaban J connectivity index is 1.82. The Morgan fingerprint density at radius 1 is 0.773 bits per heavy atom. The Hall–Kier alpha value is -2.28. The minimum atomic E-state index is 0.873. The first kappa shape index (κ1) is 13.4. The van der Waals surface area contributed by atoms with Crippen molar-refractivity contribution in [2.75, 3.05) is 0 Å². The summed E-state index contributed by atoms with van der Waals surface area (Å²) in [5, 5.41) is 0. The third-order valence-electron chi connectivity index (χ3n) is 4.51. The van der Waals surface area contributed by atoms with E-state index in [1.165, 1.54) is 40.9 Å². The average molecular weight is 288 g/mol. The Labute approximate surface area is 131 Å². The van der Waals surface area contributed by atoms with Gasteiger partial charge in [-0.05, 0) is 30.4 Å². The fourth-order valence-electron chi connectivity index (χ4n) is 3.47. The van der Waals surface area contributed by atoms with Gasteiger partial charge in [-0.3, -0.25) is 0 Å². The molecule has 110 valence electrons. The summed E-state index contributed by atoms with van der Waals surface area (Å²) in [6.07, 6.45) is 5.64. The molecule has 0 fully saturated rings. The highest BCUT2D eigenvalue weighted by Gasteiger charge is 2.23. The van der Waals surface area contributed by atoms with Crippen LogP contribution in [-0.4, -0.2) is 0 Å². The van der Waals surface area contributed by atoms with E-state index < -0.39 is 0 Å². The van der Waals surface area contributed by atoms with Crippen molar-refractivity contribution in [1.29, 1.82) is 0 Å². The van der Waals surface area contributed by atoms with Gasteiger partial charge in [0.25, 0.3) is 0 Å². The molecule has 0 radical (unpaired) electrons. The zero-order valence-electron chi connectivity index (χ0n) is 12.7. The predicted molar refractivity (Wildman–Crippen MR) is 90.0 cm³/mol. The molecule has 0 saturated carbocycles. The quantitative estimate of drug-likeness (QED) is 0.627. The van der Waals surface area contributed by atoms with E-state index in [9.17, 15) is 0 Å². The van der Waals surface area contributed by atoms with E-state index >= 15 is 0 Å². The van der Waals surface area contributed by atoms with E-state index in [4.69, 9.17) is 4.42 Å². The molecule has 1 aliphatic rings. The normalized spacial score (nSPS) is 13.8. The number of rotatable bonds is 3. The molecule has 0 unspecified atom stereocenters. The summed E-state index contributed by atoms with van der Waals surface area (Å²) in [6.45, 7) is 0. The first-order valence-corrected chi connectivity index (χ1v) is 8.14. The maximum atomic E-state index is 6.30. The number of furan rings is 1. The monoisotopic (exact) mass is 288 g/mol. The summed E-state index contributed by atoms with van der Waals surface area (Å²) in [4.78, 5) is 0. The third-order valence-corrected chi connectivity index (χ3v) is 4.51. The molecule has 1 heterocycles. The van der Waals surface area contributed by atoms with Crippen LogP contribution < -0.4 is 0 Å². The van der Waals surface area contributed by atoms with Crippen molar-refractivity contribution in [1.82, 2.24) is 0 Å². The molecule has 0 N–H and O–H groups in total. The number of aryl methyl sites for hydroxylation is 1. The van der Waals surface area contributed by atoms with Gasteiger partial charge in [-0.1, -0.05) is 60.7 Å². The number of hydrogen-bond acceptors (Lipinski definition) is 1. The Morgan fingerprint density at radius 2 is 1.45 bits per heavy atom. The molecule has 1 heteroatoms. The van der Waals surface area contributed by atoms with Crippen LogP contribution >= 0.6 is 0 Å². The lowest BCUT2D eigenvalue weighted by Gasteiger charge is -2.11. The van der Waals surface area contributed by atoms with Gasteiger partial charge in [0.2, 0.25) is 0 Å². The van der Waals surface area contributed by atoms with Crippen molar-refractivity contribution in [3.05, 3.63) is 83.3 Å². The summed E-state index contributed by atoms with van der Waals surface area (Å²) in [5.41, 5.74) is 5.40. The van der Waals surface area contributed by atoms with Gasteiger partial charge in [0.1, 0.15) is 11.5 Å². The van der Waals surface area contributed by atoms with Crippen LogP contribution in [0, 0.1) is 0 Å². The van der Waals surface area contributed by atoms with Crippen LogP contribution in [0.2, 0.25) is 0 Å². The van der Waals surface area contributed by atoms with Crippen molar-refractivity contribution in [3.63, 3.8) is 0 Å². The van der Waals surface area contributed by atoms with Crippen molar-refractivity contribution >= 4 is 0 Å². The van der Waals surface area contributed by atoms with Gasteiger partial charge in [0.15, 0.2) is 0 Å². The van der Waals surface area contributed by atoms with E-state index in [1.54, 1.807) is 0 Å². The van der Waals surface area contributed by atoms with E-state index in [1.807, 2.05) is 0 Å². The molecule has 0 saturated heterocycles. The van der Waals surface area contributed by atoms with Crippen LogP contribution in [0.25, 0.3) is 11.1 Å². The van der Waals surface area contributed by atoms with Crippen LogP contribution in [0.3, 0.4) is 0 Å². The van der Waals surface area contributed by atoms with Crippen LogP contribution in [0.5, 0.6) is 0 Å². The Kier molecular flexibility index (Phi) is 3.56. The maximum absolute atomic E-state index is 6.30. The highest BCUT2D eigenvalue weighted by molar-refractivity contribution is 5.71. The van der Waals surface area contributed by atoms with Gasteiger partial charge in [-0.2, -0.15) is 0 Å². The zero-order valence-corrected chi connectivity index (χ0v) is 12.7. The van der Waals surface area contributed by atoms with Gasteiger partial charge < -0.3 is 4.42 Å². The second-order valence-corrected chi connectivity index (χ2v) is 6.04. The molecular formula is C21H20O. The molecule has 4 rings (SSSR count). The van der Waals surface area contributed by atoms with Crippen LogP contribution in [-0.2, 0) is 19.3 Å². The first-order chi connectivity index (χ1) is 10.9. The van der Waals surface area contributed by atoms with Crippen molar-refractivity contribution in [2.24, 2.45) is 0 Å². The lowest BCUT2D eigenvalue weighted by Crippen LogP contribution is -2.00. The molecule has 0 spiro atoms. The maximum Gasteiger partial charge on any atom is 0.116 e. The van der Waals surface area contributed by atoms with E-state index in [0.29, 0.717) is 0 Å². The van der Waals surface area contributed by atoms with E-state index in [-0.39, 0.29) is 0 Å². The molecule has 2 aromatic carbocycles. The molecular weight excluding hydrogens is 268 g/mol. The SMILES string of the molecule is c1ccc(Cc2oc3c(c2-c2ccccc2)CCCC3)cc1. The summed E-state index contributed by atoms with van der Waals surface area (Å²) >= 11 is 0. The number of benzene rings is 2. The number of hydrogen-bond donors (Lipinski definition) is 0. The summed E-state index contributed by atoms with van der Waals surface area (Å²) in [5.74, 6) is 2.35. The Bertz CT molecular complexity index is 753. The van der Waals surface area contributed by atoms with E-state index in [0.717, 1.165) is 25.0 Å². The number of fused-ring (bicyclic) bond motifs is 1. The molecule has 1 aliphatic carbocycles. The second kappa shape index (κ2) is 5.84. The molecule has 1 aromatic heterocycles. The van der Waals surface area contributed by atoms with Crippen molar-refractivity contribution < 1.29 is 4.42 Å². The van der Waals surface area contributed by atoms with Crippen molar-refractivity contribution in [3.8, 4) is 11.1 Å². The highest BCUT2D eigenvalue weighted by atomic mass is 16.3. The topological polar surface area (TPSA) is 13.1 Å². The van der Waals surface area contributed by atoms with Crippen LogP contribution in [0.15, 0.2) is 65.1 Å². The summed E-state index contributed by atoms with van der Waals surface area (Å²) in [7, 11) is 0. The molecule has 0 atom stereocenters. The van der Waals surface area contributed by atoms with Crippen LogP contribution in [0.4, 0.5) is 0 Å². The fourth-order valence-corrected chi connectivity index (χ4v) is 3.47. The largest absolute Gasteiger partial charge is 0.465 e. The predicted octanol–water partition coefficient (Wildman–Crippen LogP) is 5.42. The zero-order chi connectivity index (χ0) is 14.8. The lowest BCUT2D eigenvalue weighted by atomic mass is 9.90. The van der Waals surface area contributed by atoms with Crippen LogP contribution in [0.1, 0.15) is 35.5 Å². The summed E-state index contributed by atoms with van der Waals surface area (Å²) < 4.78 is 6.30. The standard InChI is InChI=1S/C21H20O/c1-3-9-16(10-4-1)15-20-21(17-11-5-2-6-12-17)18-13-7-8-14-19(18)22-20/h1-6,9-12H,7-8,13-15H2. The molecule has 1 nitrogen and oxygen atoms in total. The third kappa shape index (κ3) is 2.48. The van der Waals surface area contributed by atoms with Gasteiger partial charge in [-0.15, -0.1) is 0 Å².